The number of hydrogen-bond acceptors (Lipinski definition) is 3. The van der Waals surface area contributed by atoms with E-state index in [9.17, 15) is 9.90 Å². The molecule has 0 radical (unpaired) electrons. The molecule has 5 heteroatoms. The van der Waals surface area contributed by atoms with Gasteiger partial charge in [0.05, 0.1) is 12.1 Å². The standard InChI is InChI=1S/C27H35N3O2/c1-3-5-7-12-25-28-26(13-8-6-4-2)30(29-25)20-22-16-14-21(15-17-22)18-23-10-9-11-24(19-23)27(31)32/h9-11,14-17,19H,3-8,12-13,18,20H2,1-2H3,(H,31,32). The van der Waals surface area contributed by atoms with Crippen LogP contribution in [0, 0.1) is 0 Å². The number of aryl methyl sites for hydroxylation is 2. The zero-order valence-corrected chi connectivity index (χ0v) is 19.4. The first kappa shape index (κ1) is 23.7. The smallest absolute Gasteiger partial charge is 0.335 e. The summed E-state index contributed by atoms with van der Waals surface area (Å²) < 4.78 is 2.09. The molecule has 0 aliphatic heterocycles. The summed E-state index contributed by atoms with van der Waals surface area (Å²) in [6, 6.07) is 15.7. The van der Waals surface area contributed by atoms with E-state index >= 15 is 0 Å². The third-order valence-electron chi connectivity index (χ3n) is 5.74. The van der Waals surface area contributed by atoms with E-state index < -0.39 is 5.97 Å². The van der Waals surface area contributed by atoms with Gasteiger partial charge in [0, 0.05) is 12.8 Å². The summed E-state index contributed by atoms with van der Waals surface area (Å²) in [6.45, 7) is 5.17. The number of carboxylic acids is 1. The minimum atomic E-state index is -0.890. The summed E-state index contributed by atoms with van der Waals surface area (Å²) >= 11 is 0. The Balaban J connectivity index is 1.68. The van der Waals surface area contributed by atoms with Gasteiger partial charge in [-0.3, -0.25) is 0 Å². The van der Waals surface area contributed by atoms with Gasteiger partial charge in [-0.15, -0.1) is 0 Å². The molecule has 0 saturated carbocycles. The van der Waals surface area contributed by atoms with Crippen molar-refractivity contribution in [2.45, 2.75) is 78.2 Å². The molecule has 5 nitrogen and oxygen atoms in total. The number of unbranched alkanes of at least 4 members (excludes halogenated alkanes) is 4. The van der Waals surface area contributed by atoms with E-state index in [1.807, 2.05) is 6.07 Å². The monoisotopic (exact) mass is 433 g/mol. The maximum absolute atomic E-state index is 11.2. The Morgan fingerprint density at radius 1 is 0.875 bits per heavy atom. The SMILES string of the molecule is CCCCCc1nc(CCCCC)n(Cc2ccc(Cc3cccc(C(=O)O)c3)cc2)n1. The summed E-state index contributed by atoms with van der Waals surface area (Å²) in [6.07, 6.45) is 9.79. The fraction of sp³-hybridized carbons (Fsp3) is 0.444. The molecule has 3 rings (SSSR count). The van der Waals surface area contributed by atoms with Gasteiger partial charge in [0.1, 0.15) is 5.82 Å². The largest absolute Gasteiger partial charge is 0.478 e. The average Bonchev–Trinajstić information content (AvgIpc) is 3.17. The third kappa shape index (κ3) is 7.04. The Kier molecular flexibility index (Phi) is 9.02. The summed E-state index contributed by atoms with van der Waals surface area (Å²) in [5, 5.41) is 14.0. The van der Waals surface area contributed by atoms with Crippen LogP contribution in [0.3, 0.4) is 0 Å². The third-order valence-corrected chi connectivity index (χ3v) is 5.74. The quantitative estimate of drug-likeness (QED) is 0.332. The van der Waals surface area contributed by atoms with E-state index in [4.69, 9.17) is 10.1 Å². The maximum atomic E-state index is 11.2. The molecular weight excluding hydrogens is 398 g/mol. The molecule has 0 fully saturated rings. The van der Waals surface area contributed by atoms with E-state index in [1.165, 1.54) is 36.8 Å². The molecule has 0 aliphatic carbocycles. The summed E-state index contributed by atoms with van der Waals surface area (Å²) in [7, 11) is 0. The van der Waals surface area contributed by atoms with Gasteiger partial charge in [-0.2, -0.15) is 5.10 Å². The second-order valence-electron chi connectivity index (χ2n) is 8.51. The predicted octanol–water partition coefficient (Wildman–Crippen LogP) is 6.08. The topological polar surface area (TPSA) is 68.0 Å². The van der Waals surface area contributed by atoms with Crippen molar-refractivity contribution in [2.75, 3.05) is 0 Å². The van der Waals surface area contributed by atoms with Crippen molar-refractivity contribution >= 4 is 5.97 Å². The van der Waals surface area contributed by atoms with Crippen molar-refractivity contribution in [1.29, 1.82) is 0 Å². The molecule has 0 unspecified atom stereocenters. The number of nitrogens with zero attached hydrogens (tertiary/aromatic N) is 3. The zero-order chi connectivity index (χ0) is 22.8. The summed E-state index contributed by atoms with van der Waals surface area (Å²) in [4.78, 5) is 16.0. The van der Waals surface area contributed by atoms with Crippen LogP contribution >= 0.6 is 0 Å². The van der Waals surface area contributed by atoms with Crippen LogP contribution in [0.15, 0.2) is 48.5 Å². The maximum Gasteiger partial charge on any atom is 0.335 e. The Labute approximate surface area is 191 Å². The van der Waals surface area contributed by atoms with Gasteiger partial charge in [-0.05, 0) is 48.1 Å². The second-order valence-corrected chi connectivity index (χ2v) is 8.51. The van der Waals surface area contributed by atoms with Crippen molar-refractivity contribution in [3.63, 3.8) is 0 Å². The minimum absolute atomic E-state index is 0.329. The lowest BCUT2D eigenvalue weighted by Gasteiger charge is -2.08. The highest BCUT2D eigenvalue weighted by molar-refractivity contribution is 5.87. The highest BCUT2D eigenvalue weighted by atomic mass is 16.4. The van der Waals surface area contributed by atoms with Gasteiger partial charge in [0.2, 0.25) is 0 Å². The van der Waals surface area contributed by atoms with E-state index in [1.54, 1.807) is 18.2 Å². The van der Waals surface area contributed by atoms with Crippen LogP contribution in [0.25, 0.3) is 0 Å². The first-order valence-corrected chi connectivity index (χ1v) is 11.9. The van der Waals surface area contributed by atoms with Crippen LogP contribution in [0.4, 0.5) is 0 Å². The van der Waals surface area contributed by atoms with Crippen molar-refractivity contribution in [3.8, 4) is 0 Å². The van der Waals surface area contributed by atoms with E-state index in [2.05, 4.69) is 42.8 Å². The number of benzene rings is 2. The van der Waals surface area contributed by atoms with Crippen LogP contribution in [-0.4, -0.2) is 25.8 Å². The van der Waals surface area contributed by atoms with E-state index in [-0.39, 0.29) is 0 Å². The molecule has 0 aliphatic rings. The molecule has 3 aromatic rings. The summed E-state index contributed by atoms with van der Waals surface area (Å²) in [5.41, 5.74) is 3.70. The molecule has 170 valence electrons. The van der Waals surface area contributed by atoms with Gasteiger partial charge in [0.15, 0.2) is 5.82 Å². The fourth-order valence-corrected chi connectivity index (χ4v) is 3.90. The van der Waals surface area contributed by atoms with Crippen molar-refractivity contribution in [1.82, 2.24) is 14.8 Å². The van der Waals surface area contributed by atoms with Crippen LogP contribution in [0.5, 0.6) is 0 Å². The zero-order valence-electron chi connectivity index (χ0n) is 19.4. The highest BCUT2D eigenvalue weighted by Gasteiger charge is 2.11. The normalized spacial score (nSPS) is 11.1. The molecule has 0 saturated heterocycles. The Hall–Kier alpha value is -2.95. The summed E-state index contributed by atoms with van der Waals surface area (Å²) in [5.74, 6) is 1.18. The van der Waals surface area contributed by atoms with Crippen molar-refractivity contribution in [3.05, 3.63) is 82.4 Å². The molecule has 32 heavy (non-hydrogen) atoms. The Morgan fingerprint density at radius 3 is 2.25 bits per heavy atom. The lowest BCUT2D eigenvalue weighted by molar-refractivity contribution is 0.0696. The van der Waals surface area contributed by atoms with Crippen LogP contribution in [-0.2, 0) is 25.8 Å². The molecule has 1 heterocycles. The molecular formula is C27H35N3O2. The van der Waals surface area contributed by atoms with Crippen LogP contribution in [0.2, 0.25) is 0 Å². The lowest BCUT2D eigenvalue weighted by Crippen LogP contribution is -2.07. The van der Waals surface area contributed by atoms with Gasteiger partial charge in [-0.25, -0.2) is 14.5 Å². The van der Waals surface area contributed by atoms with Crippen LogP contribution < -0.4 is 0 Å². The Bertz CT molecular complexity index is 992. The predicted molar refractivity (Wildman–Crippen MR) is 128 cm³/mol. The Morgan fingerprint density at radius 2 is 1.56 bits per heavy atom. The molecule has 0 atom stereocenters. The van der Waals surface area contributed by atoms with E-state index in [0.29, 0.717) is 12.0 Å². The molecule has 0 bridgehead atoms. The lowest BCUT2D eigenvalue weighted by atomic mass is 10.0. The van der Waals surface area contributed by atoms with Gasteiger partial charge in [0.25, 0.3) is 0 Å². The average molecular weight is 434 g/mol. The molecule has 1 N–H and O–H groups in total. The second kappa shape index (κ2) is 12.2. The molecule has 0 amide bonds. The molecule has 2 aromatic carbocycles. The number of rotatable bonds is 13. The van der Waals surface area contributed by atoms with E-state index in [0.717, 1.165) is 49.4 Å². The molecule has 1 aromatic heterocycles. The van der Waals surface area contributed by atoms with Gasteiger partial charge >= 0.3 is 5.97 Å². The first-order chi connectivity index (χ1) is 15.6. The van der Waals surface area contributed by atoms with Gasteiger partial charge < -0.3 is 5.11 Å². The number of carbonyl (C=O) groups is 1. The molecule has 0 spiro atoms. The minimum Gasteiger partial charge on any atom is -0.478 e. The number of aromatic carboxylic acids is 1. The number of aromatic nitrogens is 3. The van der Waals surface area contributed by atoms with Crippen molar-refractivity contribution in [2.24, 2.45) is 0 Å². The number of hydrogen-bond donors (Lipinski definition) is 1. The first-order valence-electron chi connectivity index (χ1n) is 11.9. The highest BCUT2D eigenvalue weighted by Crippen LogP contribution is 2.15. The fourth-order valence-electron chi connectivity index (χ4n) is 3.90. The van der Waals surface area contributed by atoms with Crippen molar-refractivity contribution < 1.29 is 9.90 Å². The number of carboxylic acid groups (broad SMARTS) is 1. The van der Waals surface area contributed by atoms with Gasteiger partial charge in [-0.1, -0.05) is 75.9 Å². The van der Waals surface area contributed by atoms with Crippen LogP contribution in [0.1, 0.15) is 91.1 Å².